The van der Waals surface area contributed by atoms with Crippen LogP contribution in [0.5, 0.6) is 0 Å². The summed E-state index contributed by atoms with van der Waals surface area (Å²) >= 11 is 0. The molecule has 0 unspecified atom stereocenters. The molecule has 0 saturated heterocycles. The Morgan fingerprint density at radius 3 is 3.06 bits per heavy atom. The fraction of sp³-hybridized carbons (Fsp3) is 0.750. The Morgan fingerprint density at radius 2 is 2.31 bits per heavy atom. The van der Waals surface area contributed by atoms with Crippen LogP contribution in [-0.2, 0) is 7.05 Å². The fourth-order valence-corrected chi connectivity index (χ4v) is 3.56. The summed E-state index contributed by atoms with van der Waals surface area (Å²) in [5, 5.41) is 17.7. The van der Waals surface area contributed by atoms with Crippen LogP contribution in [0.2, 0.25) is 0 Å². The lowest BCUT2D eigenvalue weighted by molar-refractivity contribution is 0.216. The predicted molar refractivity (Wildman–Crippen MR) is 62.5 cm³/mol. The monoisotopic (exact) mass is 221 g/mol. The molecule has 2 heterocycles. The summed E-state index contributed by atoms with van der Waals surface area (Å²) in [6.07, 6.45) is 3.74. The van der Waals surface area contributed by atoms with E-state index in [0.29, 0.717) is 12.0 Å². The molecule has 2 N–H and O–H groups in total. The third-order valence-electron chi connectivity index (χ3n) is 4.24. The van der Waals surface area contributed by atoms with E-state index in [1.54, 1.807) is 0 Å². The molecule has 3 rings (SSSR count). The SMILES string of the molecule is Cc1nn(C)c2c1[C@H](CO)[C@H]1CCC[C@@H]1N2. The second-order valence-electron chi connectivity index (χ2n) is 5.11. The van der Waals surface area contributed by atoms with Crippen LogP contribution in [0.15, 0.2) is 0 Å². The van der Waals surface area contributed by atoms with E-state index < -0.39 is 0 Å². The number of nitrogens with one attached hydrogen (secondary N) is 1. The van der Waals surface area contributed by atoms with E-state index in [9.17, 15) is 5.11 Å². The minimum atomic E-state index is 0.252. The van der Waals surface area contributed by atoms with Crippen LogP contribution in [0.3, 0.4) is 0 Å². The highest BCUT2D eigenvalue weighted by Crippen LogP contribution is 2.46. The van der Waals surface area contributed by atoms with Gasteiger partial charge in [-0.1, -0.05) is 6.42 Å². The number of anilines is 1. The molecule has 0 radical (unpaired) electrons. The number of rotatable bonds is 1. The smallest absolute Gasteiger partial charge is 0.128 e. The summed E-state index contributed by atoms with van der Waals surface area (Å²) in [5.41, 5.74) is 2.31. The van der Waals surface area contributed by atoms with E-state index in [1.807, 2.05) is 18.7 Å². The van der Waals surface area contributed by atoms with Crippen LogP contribution in [-0.4, -0.2) is 27.5 Å². The molecule has 16 heavy (non-hydrogen) atoms. The van der Waals surface area contributed by atoms with Crippen molar-refractivity contribution in [1.82, 2.24) is 9.78 Å². The minimum absolute atomic E-state index is 0.252. The molecular formula is C12H19N3O. The van der Waals surface area contributed by atoms with Gasteiger partial charge in [-0.3, -0.25) is 4.68 Å². The first-order valence-electron chi connectivity index (χ1n) is 6.13. The van der Waals surface area contributed by atoms with Crippen molar-refractivity contribution in [2.75, 3.05) is 11.9 Å². The number of aliphatic hydroxyl groups excluding tert-OH is 1. The summed E-state index contributed by atoms with van der Waals surface area (Å²) in [5.74, 6) is 2.01. The number of hydrogen-bond acceptors (Lipinski definition) is 3. The lowest BCUT2D eigenvalue weighted by atomic mass is 9.80. The van der Waals surface area contributed by atoms with E-state index in [2.05, 4.69) is 10.4 Å². The fourth-order valence-electron chi connectivity index (χ4n) is 3.56. The average molecular weight is 221 g/mol. The molecule has 0 amide bonds. The van der Waals surface area contributed by atoms with Crippen molar-refractivity contribution in [3.8, 4) is 0 Å². The van der Waals surface area contributed by atoms with Crippen LogP contribution in [0, 0.1) is 12.8 Å². The van der Waals surface area contributed by atoms with Crippen LogP contribution >= 0.6 is 0 Å². The minimum Gasteiger partial charge on any atom is -0.396 e. The number of fused-ring (bicyclic) bond motifs is 2. The molecule has 1 saturated carbocycles. The molecular weight excluding hydrogens is 202 g/mol. The topological polar surface area (TPSA) is 50.1 Å². The highest BCUT2D eigenvalue weighted by Gasteiger charge is 2.41. The second kappa shape index (κ2) is 3.48. The average Bonchev–Trinajstić information content (AvgIpc) is 2.82. The zero-order valence-electron chi connectivity index (χ0n) is 9.90. The van der Waals surface area contributed by atoms with Crippen molar-refractivity contribution in [2.45, 2.75) is 38.1 Å². The van der Waals surface area contributed by atoms with Gasteiger partial charge in [0.2, 0.25) is 0 Å². The van der Waals surface area contributed by atoms with Crippen LogP contribution in [0.1, 0.15) is 36.4 Å². The lowest BCUT2D eigenvalue weighted by Gasteiger charge is -2.34. The lowest BCUT2D eigenvalue weighted by Crippen LogP contribution is -2.36. The molecule has 0 bridgehead atoms. The molecule has 4 heteroatoms. The number of hydrogen-bond donors (Lipinski definition) is 2. The molecule has 88 valence electrons. The van der Waals surface area contributed by atoms with Gasteiger partial charge in [0.25, 0.3) is 0 Å². The van der Waals surface area contributed by atoms with Crippen LogP contribution in [0.4, 0.5) is 5.82 Å². The molecule has 3 atom stereocenters. The Hall–Kier alpha value is -1.03. The molecule has 1 aromatic heterocycles. The van der Waals surface area contributed by atoms with Gasteiger partial charge in [-0.05, 0) is 25.7 Å². The maximum absolute atomic E-state index is 9.65. The third-order valence-corrected chi connectivity index (χ3v) is 4.24. The van der Waals surface area contributed by atoms with Gasteiger partial charge in [-0.15, -0.1) is 0 Å². The molecule has 1 aliphatic heterocycles. The number of nitrogens with zero attached hydrogens (tertiary/aromatic N) is 2. The standard InChI is InChI=1S/C12H19N3O/c1-7-11-9(6-16)8-4-3-5-10(8)13-12(11)15(2)14-7/h8-10,13,16H,3-6H2,1-2H3/t8-,9-,10+/m1/s1. The largest absolute Gasteiger partial charge is 0.396 e. The van der Waals surface area contributed by atoms with Crippen LogP contribution in [0.25, 0.3) is 0 Å². The summed E-state index contributed by atoms with van der Waals surface area (Å²) < 4.78 is 1.92. The Bertz CT molecular complexity index is 413. The maximum Gasteiger partial charge on any atom is 0.128 e. The van der Waals surface area contributed by atoms with E-state index in [0.717, 1.165) is 11.5 Å². The Kier molecular flexibility index (Phi) is 2.21. The Labute approximate surface area is 95.7 Å². The number of aliphatic hydroxyl groups is 1. The quantitative estimate of drug-likeness (QED) is 0.753. The number of aromatic nitrogens is 2. The normalized spacial score (nSPS) is 32.1. The van der Waals surface area contributed by atoms with Gasteiger partial charge in [0, 0.05) is 24.6 Å². The van der Waals surface area contributed by atoms with Crippen molar-refractivity contribution in [1.29, 1.82) is 0 Å². The van der Waals surface area contributed by atoms with Gasteiger partial charge in [-0.2, -0.15) is 5.10 Å². The van der Waals surface area contributed by atoms with Gasteiger partial charge in [0.1, 0.15) is 5.82 Å². The molecule has 1 aliphatic carbocycles. The highest BCUT2D eigenvalue weighted by molar-refractivity contribution is 5.54. The summed E-state index contributed by atoms with van der Waals surface area (Å²) in [6, 6.07) is 0.541. The van der Waals surface area contributed by atoms with Gasteiger partial charge in [0.15, 0.2) is 0 Å². The molecule has 2 aliphatic rings. The third kappa shape index (κ3) is 1.22. The van der Waals surface area contributed by atoms with Gasteiger partial charge in [0.05, 0.1) is 12.3 Å². The first-order valence-corrected chi connectivity index (χ1v) is 6.13. The van der Waals surface area contributed by atoms with Crippen LogP contribution < -0.4 is 5.32 Å². The second-order valence-corrected chi connectivity index (χ2v) is 5.11. The number of aryl methyl sites for hydroxylation is 2. The van der Waals surface area contributed by atoms with Crippen molar-refractivity contribution in [2.24, 2.45) is 13.0 Å². The zero-order chi connectivity index (χ0) is 11.3. The maximum atomic E-state index is 9.65. The molecule has 1 fully saturated rings. The van der Waals surface area contributed by atoms with E-state index in [4.69, 9.17) is 0 Å². The van der Waals surface area contributed by atoms with Crippen molar-refractivity contribution >= 4 is 5.82 Å². The van der Waals surface area contributed by atoms with Gasteiger partial charge >= 0.3 is 0 Å². The van der Waals surface area contributed by atoms with Crippen molar-refractivity contribution < 1.29 is 5.11 Å². The van der Waals surface area contributed by atoms with Crippen molar-refractivity contribution in [3.63, 3.8) is 0 Å². The zero-order valence-corrected chi connectivity index (χ0v) is 9.90. The first-order chi connectivity index (χ1) is 7.72. The van der Waals surface area contributed by atoms with E-state index in [-0.39, 0.29) is 12.5 Å². The highest BCUT2D eigenvalue weighted by atomic mass is 16.3. The summed E-state index contributed by atoms with van der Waals surface area (Å²) in [7, 11) is 1.97. The molecule has 4 nitrogen and oxygen atoms in total. The van der Waals surface area contributed by atoms with E-state index in [1.165, 1.54) is 24.8 Å². The molecule has 1 aromatic rings. The predicted octanol–water partition coefficient (Wildman–Crippen LogP) is 1.40. The molecule has 0 aromatic carbocycles. The van der Waals surface area contributed by atoms with Gasteiger partial charge < -0.3 is 10.4 Å². The van der Waals surface area contributed by atoms with Crippen molar-refractivity contribution in [3.05, 3.63) is 11.3 Å². The summed E-state index contributed by atoms with van der Waals surface area (Å²) in [6.45, 7) is 2.29. The Balaban J connectivity index is 2.09. The Morgan fingerprint density at radius 1 is 1.50 bits per heavy atom. The van der Waals surface area contributed by atoms with Gasteiger partial charge in [-0.25, -0.2) is 0 Å². The van der Waals surface area contributed by atoms with E-state index >= 15 is 0 Å². The molecule has 0 spiro atoms. The summed E-state index contributed by atoms with van der Waals surface area (Å²) in [4.78, 5) is 0. The first kappa shape index (κ1) is 10.1.